The first-order valence-corrected chi connectivity index (χ1v) is 10.9. The average molecular weight is 445 g/mol. The number of carbonyl (C=O) groups is 1. The predicted molar refractivity (Wildman–Crippen MR) is 113 cm³/mol. The Hall–Kier alpha value is -3.17. The molecule has 3 rings (SSSR count). The Balaban J connectivity index is 1.84. The minimum absolute atomic E-state index is 0.0258. The van der Waals surface area contributed by atoms with E-state index in [4.69, 9.17) is 14.0 Å². The summed E-state index contributed by atoms with van der Waals surface area (Å²) in [7, 11) is -1.08. The van der Waals surface area contributed by atoms with Crippen LogP contribution < -0.4 is 4.74 Å². The standard InChI is InChI=1S/C22H24N2O6S/c1-15-19(16(2)30-23-15)14-29-22(25)18-10-11-20(28-4)21(12-18)31(26,27)24(3)13-17-8-6-5-7-9-17/h5-12H,13-14H2,1-4H3. The summed E-state index contributed by atoms with van der Waals surface area (Å²) in [6, 6.07) is 13.4. The Morgan fingerprint density at radius 2 is 1.84 bits per heavy atom. The third-order valence-corrected chi connectivity index (χ3v) is 6.69. The van der Waals surface area contributed by atoms with Crippen LogP contribution >= 0.6 is 0 Å². The van der Waals surface area contributed by atoms with E-state index in [1.807, 2.05) is 30.3 Å². The minimum Gasteiger partial charge on any atom is -0.495 e. The number of methoxy groups -OCH3 is 1. The summed E-state index contributed by atoms with van der Waals surface area (Å²) >= 11 is 0. The highest BCUT2D eigenvalue weighted by molar-refractivity contribution is 7.89. The van der Waals surface area contributed by atoms with Crippen LogP contribution in [-0.4, -0.2) is 38.0 Å². The molecule has 0 bridgehead atoms. The molecule has 31 heavy (non-hydrogen) atoms. The summed E-state index contributed by atoms with van der Waals surface area (Å²) in [5.74, 6) is 0.0397. The fourth-order valence-corrected chi connectivity index (χ4v) is 4.36. The second-order valence-corrected chi connectivity index (χ2v) is 9.00. The molecule has 0 fully saturated rings. The molecule has 164 valence electrons. The number of aromatic nitrogens is 1. The van der Waals surface area contributed by atoms with Gasteiger partial charge in [0, 0.05) is 13.6 Å². The van der Waals surface area contributed by atoms with Crippen molar-refractivity contribution in [1.82, 2.24) is 9.46 Å². The quantitative estimate of drug-likeness (QED) is 0.491. The molecule has 0 aliphatic carbocycles. The highest BCUT2D eigenvalue weighted by Gasteiger charge is 2.27. The Labute approximate surface area is 181 Å². The van der Waals surface area contributed by atoms with Gasteiger partial charge in [-0.3, -0.25) is 0 Å². The van der Waals surface area contributed by atoms with E-state index < -0.39 is 16.0 Å². The molecular formula is C22H24N2O6S. The van der Waals surface area contributed by atoms with Gasteiger partial charge in [-0.1, -0.05) is 35.5 Å². The number of rotatable bonds is 8. The minimum atomic E-state index is -3.93. The zero-order valence-electron chi connectivity index (χ0n) is 17.8. The van der Waals surface area contributed by atoms with Crippen LogP contribution in [0.1, 0.15) is 32.9 Å². The third-order valence-electron chi connectivity index (χ3n) is 4.86. The van der Waals surface area contributed by atoms with E-state index in [1.54, 1.807) is 13.8 Å². The highest BCUT2D eigenvalue weighted by atomic mass is 32.2. The van der Waals surface area contributed by atoms with Gasteiger partial charge in [-0.2, -0.15) is 4.31 Å². The number of nitrogens with zero attached hydrogens (tertiary/aromatic N) is 2. The average Bonchev–Trinajstić information content (AvgIpc) is 3.09. The largest absolute Gasteiger partial charge is 0.495 e. The molecule has 2 aromatic carbocycles. The lowest BCUT2D eigenvalue weighted by Crippen LogP contribution is -2.27. The van der Waals surface area contributed by atoms with Gasteiger partial charge in [0.05, 0.1) is 23.9 Å². The maximum atomic E-state index is 13.2. The lowest BCUT2D eigenvalue weighted by molar-refractivity contribution is 0.0470. The molecule has 0 atom stereocenters. The molecule has 0 N–H and O–H groups in total. The first-order valence-electron chi connectivity index (χ1n) is 9.51. The van der Waals surface area contributed by atoms with E-state index in [2.05, 4.69) is 5.16 Å². The van der Waals surface area contributed by atoms with E-state index in [0.29, 0.717) is 17.0 Å². The number of sulfonamides is 1. The van der Waals surface area contributed by atoms with Gasteiger partial charge in [0.1, 0.15) is 23.0 Å². The van der Waals surface area contributed by atoms with Crippen molar-refractivity contribution < 1.29 is 27.2 Å². The van der Waals surface area contributed by atoms with Crippen molar-refractivity contribution in [3.8, 4) is 5.75 Å². The summed E-state index contributed by atoms with van der Waals surface area (Å²) in [4.78, 5) is 12.5. The molecule has 0 aliphatic rings. The molecule has 1 heterocycles. The fraction of sp³-hybridized carbons (Fsp3) is 0.273. The molecule has 0 saturated carbocycles. The smallest absolute Gasteiger partial charge is 0.338 e. The van der Waals surface area contributed by atoms with Gasteiger partial charge in [-0.15, -0.1) is 0 Å². The van der Waals surface area contributed by atoms with Crippen LogP contribution in [-0.2, 0) is 27.9 Å². The summed E-state index contributed by atoms with van der Waals surface area (Å²) in [6.45, 7) is 3.62. The van der Waals surface area contributed by atoms with Crippen LogP contribution in [0.3, 0.4) is 0 Å². The number of hydrogen-bond acceptors (Lipinski definition) is 7. The van der Waals surface area contributed by atoms with Crippen LogP contribution in [0.25, 0.3) is 0 Å². The fourth-order valence-electron chi connectivity index (χ4n) is 3.03. The van der Waals surface area contributed by atoms with Crippen molar-refractivity contribution in [2.45, 2.75) is 31.9 Å². The van der Waals surface area contributed by atoms with E-state index in [9.17, 15) is 13.2 Å². The number of ether oxygens (including phenoxy) is 2. The lowest BCUT2D eigenvalue weighted by Gasteiger charge is -2.19. The van der Waals surface area contributed by atoms with Gasteiger partial charge in [0.25, 0.3) is 0 Å². The summed E-state index contributed by atoms with van der Waals surface area (Å²) < 4.78 is 43.2. The molecule has 0 saturated heterocycles. The van der Waals surface area contributed by atoms with Gasteiger partial charge in [0.2, 0.25) is 10.0 Å². The summed E-state index contributed by atoms with van der Waals surface area (Å²) in [5, 5.41) is 3.82. The maximum Gasteiger partial charge on any atom is 0.338 e. The van der Waals surface area contributed by atoms with Gasteiger partial charge in [-0.25, -0.2) is 13.2 Å². The zero-order chi connectivity index (χ0) is 22.6. The molecule has 8 nitrogen and oxygen atoms in total. The van der Waals surface area contributed by atoms with Crippen molar-refractivity contribution >= 4 is 16.0 Å². The Kier molecular flexibility index (Phi) is 6.77. The SMILES string of the molecule is COc1ccc(C(=O)OCc2c(C)noc2C)cc1S(=O)(=O)N(C)Cc1ccccc1. The van der Waals surface area contributed by atoms with Crippen LogP contribution in [0.15, 0.2) is 57.9 Å². The van der Waals surface area contributed by atoms with Crippen LogP contribution in [0.2, 0.25) is 0 Å². The number of hydrogen-bond donors (Lipinski definition) is 0. The van der Waals surface area contributed by atoms with E-state index >= 15 is 0 Å². The summed E-state index contributed by atoms with van der Waals surface area (Å²) in [5.41, 5.74) is 2.24. The van der Waals surface area contributed by atoms with Crippen LogP contribution in [0.5, 0.6) is 5.75 Å². The monoisotopic (exact) mass is 444 g/mol. The van der Waals surface area contributed by atoms with Crippen LogP contribution in [0, 0.1) is 13.8 Å². The normalized spacial score (nSPS) is 11.5. The van der Waals surface area contributed by atoms with Crippen molar-refractivity contribution in [2.75, 3.05) is 14.2 Å². The number of aryl methyl sites for hydroxylation is 2. The predicted octanol–water partition coefficient (Wildman–Crippen LogP) is 3.48. The molecule has 0 radical (unpaired) electrons. The van der Waals surface area contributed by atoms with Crippen LogP contribution in [0.4, 0.5) is 0 Å². The molecule has 0 aliphatic heterocycles. The molecule has 0 unspecified atom stereocenters. The first-order chi connectivity index (χ1) is 14.7. The van der Waals surface area contributed by atoms with Crippen molar-refractivity contribution in [1.29, 1.82) is 0 Å². The van der Waals surface area contributed by atoms with Gasteiger partial charge < -0.3 is 14.0 Å². The number of benzene rings is 2. The second-order valence-electron chi connectivity index (χ2n) is 6.99. The molecule has 0 spiro atoms. The highest BCUT2D eigenvalue weighted by Crippen LogP contribution is 2.28. The zero-order valence-corrected chi connectivity index (χ0v) is 18.6. The van der Waals surface area contributed by atoms with E-state index in [-0.39, 0.29) is 29.4 Å². The third kappa shape index (κ3) is 4.95. The Morgan fingerprint density at radius 3 is 2.45 bits per heavy atom. The number of esters is 1. The lowest BCUT2D eigenvalue weighted by atomic mass is 10.2. The first kappa shape index (κ1) is 22.5. The van der Waals surface area contributed by atoms with Gasteiger partial charge in [-0.05, 0) is 37.6 Å². The molecule has 9 heteroatoms. The molecule has 0 amide bonds. The molecular weight excluding hydrogens is 420 g/mol. The Bertz CT molecular complexity index is 1150. The molecule has 1 aromatic heterocycles. The van der Waals surface area contributed by atoms with E-state index in [0.717, 1.165) is 5.56 Å². The topological polar surface area (TPSA) is 98.9 Å². The Morgan fingerprint density at radius 1 is 1.13 bits per heavy atom. The second kappa shape index (κ2) is 9.32. The van der Waals surface area contributed by atoms with Gasteiger partial charge in [0.15, 0.2) is 0 Å². The van der Waals surface area contributed by atoms with Gasteiger partial charge >= 0.3 is 5.97 Å². The van der Waals surface area contributed by atoms with Crippen molar-refractivity contribution in [3.05, 3.63) is 76.7 Å². The molecule has 3 aromatic rings. The summed E-state index contributed by atoms with van der Waals surface area (Å²) in [6.07, 6.45) is 0. The number of carbonyl (C=O) groups excluding carboxylic acids is 1. The van der Waals surface area contributed by atoms with Crippen molar-refractivity contribution in [2.24, 2.45) is 0 Å². The van der Waals surface area contributed by atoms with E-state index in [1.165, 1.54) is 36.7 Å². The van der Waals surface area contributed by atoms with Crippen molar-refractivity contribution in [3.63, 3.8) is 0 Å². The maximum absolute atomic E-state index is 13.2.